The van der Waals surface area contributed by atoms with Gasteiger partial charge in [0, 0.05) is 86.2 Å². The van der Waals surface area contributed by atoms with Crippen LogP contribution in [-0.2, 0) is 49.4 Å². The summed E-state index contributed by atoms with van der Waals surface area (Å²) in [7, 11) is -8.31. The Bertz CT molecular complexity index is 5550. The first-order valence-corrected chi connectivity index (χ1v) is 47.3. The van der Waals surface area contributed by atoms with E-state index in [0.29, 0.717) is 64.5 Å². The molecule has 1 aliphatic heterocycles. The number of pyridine rings is 4. The van der Waals surface area contributed by atoms with E-state index in [1.54, 1.807) is 56.2 Å². The number of Topliss-reactive ketones (excluding diaryl/α,β-unsaturated/α-hetero) is 4. The molecular formula is C76H99BCl4N16O14S6. The van der Waals surface area contributed by atoms with Gasteiger partial charge in [0.05, 0.1) is 81.0 Å². The largest absolute Gasteiger partial charge is 0.500 e. The molecule has 0 aromatic carbocycles. The Balaban J connectivity index is 0.000000234. The highest BCUT2D eigenvalue weighted by Gasteiger charge is 2.53. The van der Waals surface area contributed by atoms with Gasteiger partial charge in [0.2, 0.25) is 40.1 Å². The van der Waals surface area contributed by atoms with Crippen LogP contribution in [0.15, 0.2) is 120 Å². The predicted molar refractivity (Wildman–Crippen MR) is 470 cm³/mol. The van der Waals surface area contributed by atoms with Crippen LogP contribution in [0.25, 0.3) is 43.7 Å². The van der Waals surface area contributed by atoms with Gasteiger partial charge >= 0.3 is 7.12 Å². The third kappa shape index (κ3) is 28.1. The van der Waals surface area contributed by atoms with Gasteiger partial charge in [-0.2, -0.15) is 10.2 Å². The summed E-state index contributed by atoms with van der Waals surface area (Å²) < 4.78 is 111. The number of nitrogens with zero attached hydrogens (tertiary/aromatic N) is 15. The lowest BCUT2D eigenvalue weighted by molar-refractivity contribution is 0.00578. The highest BCUT2D eigenvalue weighted by atomic mass is 35.5. The first-order valence-electron chi connectivity index (χ1n) is 36.6. The van der Waals surface area contributed by atoms with Crippen molar-refractivity contribution in [3.63, 3.8) is 0 Å². The Labute approximate surface area is 714 Å². The van der Waals surface area contributed by atoms with Crippen LogP contribution in [0.1, 0.15) is 150 Å². The number of carbonyl (C=O) groups excluding carboxylic acids is 4. The van der Waals surface area contributed by atoms with Crippen LogP contribution in [0.3, 0.4) is 0 Å². The highest BCUT2D eigenvalue weighted by Crippen LogP contribution is 2.37. The van der Waals surface area contributed by atoms with Crippen molar-refractivity contribution in [1.82, 2.24) is 63.7 Å². The third-order valence-corrected chi connectivity index (χ3v) is 25.8. The van der Waals surface area contributed by atoms with Crippen LogP contribution < -0.4 is 23.1 Å². The topological polar surface area (TPSA) is 363 Å². The van der Waals surface area contributed by atoms with Gasteiger partial charge in [0.1, 0.15) is 38.1 Å². The van der Waals surface area contributed by atoms with E-state index >= 15 is 0 Å². The molecule has 0 saturated carbocycles. The van der Waals surface area contributed by atoms with Crippen LogP contribution >= 0.6 is 69.1 Å². The molecule has 0 unspecified atom stereocenters. The quantitative estimate of drug-likeness (QED) is 0.0284. The predicted octanol–water partition coefficient (Wildman–Crippen LogP) is 13.3. The Morgan fingerprint density at radius 1 is 0.504 bits per heavy atom. The molecular weight excluding hydrogens is 1710 g/mol. The number of carbonyl (C=O) groups is 4. The molecule has 41 heteroatoms. The van der Waals surface area contributed by atoms with E-state index in [0.717, 1.165) is 103 Å². The molecule has 0 amide bonds. The maximum absolute atomic E-state index is 13.3. The van der Waals surface area contributed by atoms with Gasteiger partial charge in [-0.15, -0.1) is 22.7 Å². The zero-order valence-corrected chi connectivity index (χ0v) is 76.7. The molecule has 11 heterocycles. The van der Waals surface area contributed by atoms with Crippen molar-refractivity contribution in [2.45, 2.75) is 132 Å². The summed E-state index contributed by atoms with van der Waals surface area (Å²) in [6.45, 7) is 27.3. The van der Waals surface area contributed by atoms with Gasteiger partial charge < -0.3 is 19.1 Å². The van der Waals surface area contributed by atoms with Crippen molar-refractivity contribution >= 4 is 174 Å². The molecule has 10 aromatic rings. The summed E-state index contributed by atoms with van der Waals surface area (Å²) in [6.07, 6.45) is 13.7. The number of halogens is 4. The molecule has 1 aliphatic rings. The van der Waals surface area contributed by atoms with Crippen molar-refractivity contribution in [3.8, 4) is 32.4 Å². The number of anilines is 3. The number of fused-ring (bicyclic) bond motifs is 2. The van der Waals surface area contributed by atoms with Crippen molar-refractivity contribution in [2.75, 3.05) is 92.3 Å². The Morgan fingerprint density at radius 3 is 1.23 bits per heavy atom. The fraction of sp³-hybridized carbons (Fsp3) is 0.421. The number of nitrogens with one attached hydrogen (secondary N) is 1. The molecule has 10 aromatic heterocycles. The van der Waals surface area contributed by atoms with Gasteiger partial charge in [-0.1, -0.05) is 86.2 Å². The second-order valence-electron chi connectivity index (χ2n) is 27.9. The molecule has 1 N–H and O–H groups in total. The number of rotatable bonds is 27. The van der Waals surface area contributed by atoms with Crippen LogP contribution in [0, 0.1) is 0 Å². The minimum Gasteiger partial charge on any atom is -0.399 e. The molecule has 117 heavy (non-hydrogen) atoms. The summed E-state index contributed by atoms with van der Waals surface area (Å²) in [5, 5.41) is 13.5. The number of hydrogen-bond donors (Lipinski definition) is 1. The summed E-state index contributed by atoms with van der Waals surface area (Å²) in [5.41, 5.74) is 5.85. The fourth-order valence-corrected chi connectivity index (χ4v) is 14.6. The van der Waals surface area contributed by atoms with Crippen molar-refractivity contribution in [1.29, 1.82) is 0 Å². The lowest BCUT2D eigenvalue weighted by Gasteiger charge is -2.32. The van der Waals surface area contributed by atoms with Crippen molar-refractivity contribution in [3.05, 3.63) is 163 Å². The zero-order valence-electron chi connectivity index (χ0n) is 68.8. The summed E-state index contributed by atoms with van der Waals surface area (Å²) in [6, 6.07) is 24.4. The van der Waals surface area contributed by atoms with Crippen LogP contribution in [-0.4, -0.2) is 226 Å². The summed E-state index contributed by atoms with van der Waals surface area (Å²) in [4.78, 5) is 80.2. The molecule has 1 fully saturated rings. The lowest BCUT2D eigenvalue weighted by atomic mass is 9.81. The molecule has 634 valence electrons. The third-order valence-electron chi connectivity index (χ3n) is 19.0. The Morgan fingerprint density at radius 2 is 0.855 bits per heavy atom. The van der Waals surface area contributed by atoms with Crippen LogP contribution in [0.5, 0.6) is 0 Å². The Hall–Kier alpha value is -7.86. The second kappa shape index (κ2) is 42.4. The minimum absolute atomic E-state index is 0.0606. The van der Waals surface area contributed by atoms with E-state index in [2.05, 4.69) is 92.3 Å². The molecule has 0 bridgehead atoms. The normalized spacial score (nSPS) is 13.6. The maximum Gasteiger partial charge on any atom is 0.500 e. The molecule has 11 rings (SSSR count). The van der Waals surface area contributed by atoms with E-state index < -0.39 is 47.2 Å². The van der Waals surface area contributed by atoms with Crippen molar-refractivity contribution < 1.29 is 62.2 Å². The van der Waals surface area contributed by atoms with E-state index in [9.17, 15) is 52.8 Å². The molecule has 30 nitrogen and oxygen atoms in total. The number of thiophene rings is 2. The van der Waals surface area contributed by atoms with E-state index in [-0.39, 0.29) is 78.4 Å². The number of sulfonamides is 4. The average Bonchev–Trinajstić information content (AvgIpc) is 1.62. The maximum atomic E-state index is 13.3. The van der Waals surface area contributed by atoms with E-state index in [1.165, 1.54) is 78.4 Å². The zero-order chi connectivity index (χ0) is 87.6. The smallest absolute Gasteiger partial charge is 0.399 e. The van der Waals surface area contributed by atoms with Gasteiger partial charge in [-0.3, -0.25) is 32.1 Å². The summed E-state index contributed by atoms with van der Waals surface area (Å²) >= 11 is 26.0. The van der Waals surface area contributed by atoms with Gasteiger partial charge in [-0.05, 0) is 185 Å². The number of hydrogen-bond acceptors (Lipinski definition) is 26. The average molecular weight is 1810 g/mol. The number of aromatic nitrogens is 10. The first kappa shape index (κ1) is 98.0. The highest BCUT2D eigenvalue weighted by molar-refractivity contribution is 7.92. The second-order valence-corrected chi connectivity index (χ2v) is 39.3. The molecule has 2 atom stereocenters. The monoisotopic (exact) mass is 1800 g/mol. The minimum atomic E-state index is -3.59. The van der Waals surface area contributed by atoms with Gasteiger partial charge in [-0.25, -0.2) is 77.3 Å². The molecule has 0 radical (unpaired) electrons. The van der Waals surface area contributed by atoms with E-state index in [4.69, 9.17) is 65.7 Å². The molecule has 0 aliphatic carbocycles. The fourth-order valence-electron chi connectivity index (χ4n) is 11.0. The van der Waals surface area contributed by atoms with E-state index in [1.807, 2.05) is 81.2 Å². The molecule has 0 spiro atoms. The van der Waals surface area contributed by atoms with Crippen LogP contribution in [0.2, 0.25) is 20.6 Å². The van der Waals surface area contributed by atoms with Gasteiger partial charge in [0.15, 0.2) is 34.4 Å². The molecule has 1 saturated heterocycles. The standard InChI is InChI=1S/C26H32N6O3S2.C16H18BN3O2S.C16H26ClN3O3S.C9H11ClN2O3S.C7H5Cl2NO.C2H7NO2S/c1-6-31(7-2)18(3)10-11-23(33)19-15-22(28-25(16-19)30(4)37(5,34)35)20-17-27-32-13-12-21(29-26(20)32)24-9-8-14-36-24;1-15(2)16(3,4)22-17(21-15)11-10-18-20-8-7-12(19-14(11)20)13-6-5-9-23-13;1-6-20(7-2)12(3)8-9-14(21)13-10-15(17)18-16(11-13)19(4)24(5,22)23;1-6(13)7-4-8(10)11-9(5-7)12(2)16(3,14)15;1-4(11)5-2-6(8)10-7(9)3-5;1-3-6(2,4)5/h8-9,12-18H,6-7,10-11H2,1-5H3;5-10H,1-4H3;10-12H,6-9H2,1-5H3;4-5H,1-3H3;2-3H,1H3;3H,1-2H3/t18-;;12-;;;/m0.0.../s1. The lowest BCUT2D eigenvalue weighted by Crippen LogP contribution is -2.41. The SMILES string of the molecule is CC(=O)c1cc(Cl)nc(Cl)c1.CC(=O)c1cc(Cl)nc(N(C)S(C)(=O)=O)c1.CC1(C)OB(c2cnn3ccc(-c4cccs4)nc23)OC1(C)C.CCN(CC)[C@@H](C)CCC(=O)c1cc(-c2cnn3ccc(-c4cccs4)nc23)nc(N(C)S(C)(=O)=O)c1.CCN(CC)[C@@H](C)CCC(=O)c1cc(Cl)nc(N(C)S(C)(=O)=O)c1.CNS(C)(=O)=O. The Kier molecular flexibility index (Phi) is 35.5. The van der Waals surface area contributed by atoms with Crippen LogP contribution in [0.4, 0.5) is 17.5 Å². The summed E-state index contributed by atoms with van der Waals surface area (Å²) in [5.74, 6) is 0.0406. The van der Waals surface area contributed by atoms with Crippen molar-refractivity contribution in [2.24, 2.45) is 0 Å². The number of ketones is 4. The first-order chi connectivity index (χ1) is 54.5. The van der Waals surface area contributed by atoms with Gasteiger partial charge in [0.25, 0.3) is 0 Å².